The minimum absolute atomic E-state index is 0.127. The molecular formula is C16H18FN3O3S. The van der Waals surface area contributed by atoms with Crippen molar-refractivity contribution in [2.45, 2.75) is 25.6 Å². The second kappa shape index (κ2) is 8.49. The Morgan fingerprint density at radius 2 is 2.17 bits per heavy atom. The largest absolute Gasteiger partial charge is 0.360 e. The Bertz CT molecular complexity index is 720. The Kier molecular flexibility index (Phi) is 6.36. The molecule has 0 spiro atoms. The number of carbonyl (C=O) groups excluding carboxylic acids is 2. The van der Waals surface area contributed by atoms with Gasteiger partial charge in [0.15, 0.2) is 5.82 Å². The van der Waals surface area contributed by atoms with E-state index in [9.17, 15) is 14.0 Å². The minimum atomic E-state index is -0.429. The van der Waals surface area contributed by atoms with Gasteiger partial charge in [-0.25, -0.2) is 4.39 Å². The molecule has 2 aromatic rings. The molecule has 0 saturated carbocycles. The van der Waals surface area contributed by atoms with E-state index >= 15 is 0 Å². The highest BCUT2D eigenvalue weighted by molar-refractivity contribution is 8.01. The third-order valence-electron chi connectivity index (χ3n) is 3.09. The number of amides is 2. The maximum Gasteiger partial charge on any atom is 0.238 e. The van der Waals surface area contributed by atoms with Gasteiger partial charge in [0.25, 0.3) is 0 Å². The number of carbonyl (C=O) groups is 2. The molecule has 0 bridgehead atoms. The van der Waals surface area contributed by atoms with Crippen molar-refractivity contribution in [1.29, 1.82) is 0 Å². The fraction of sp³-hybridized carbons (Fsp3) is 0.312. The summed E-state index contributed by atoms with van der Waals surface area (Å²) in [5.41, 5.74) is 0.681. The van der Waals surface area contributed by atoms with Crippen LogP contribution in [0.4, 0.5) is 10.2 Å². The molecule has 8 heteroatoms. The van der Waals surface area contributed by atoms with Crippen LogP contribution in [0.5, 0.6) is 0 Å². The zero-order chi connectivity index (χ0) is 17.5. The lowest BCUT2D eigenvalue weighted by molar-refractivity contribution is -0.118. The average molecular weight is 351 g/mol. The monoisotopic (exact) mass is 351 g/mol. The lowest BCUT2D eigenvalue weighted by Crippen LogP contribution is -2.28. The molecule has 0 radical (unpaired) electrons. The molecule has 6 nitrogen and oxygen atoms in total. The summed E-state index contributed by atoms with van der Waals surface area (Å²) in [6.07, 6.45) is 0. The quantitative estimate of drug-likeness (QED) is 0.801. The summed E-state index contributed by atoms with van der Waals surface area (Å²) in [7, 11) is 0. The standard InChI is InChI=1S/C16H18FN3O3S/c1-10-6-14(20-23-10)19-16(22)11(2)24-9-15(21)18-8-12-4-3-5-13(17)7-12/h3-7,11H,8-9H2,1-2H3,(H,18,21)(H,19,20,22). The lowest BCUT2D eigenvalue weighted by Gasteiger charge is -2.10. The van der Waals surface area contributed by atoms with Crippen LogP contribution in [0.2, 0.25) is 0 Å². The molecule has 0 aliphatic rings. The van der Waals surface area contributed by atoms with Gasteiger partial charge in [-0.3, -0.25) is 9.59 Å². The molecule has 2 amide bonds. The van der Waals surface area contributed by atoms with Crippen LogP contribution >= 0.6 is 11.8 Å². The van der Waals surface area contributed by atoms with Crippen LogP contribution in [-0.2, 0) is 16.1 Å². The summed E-state index contributed by atoms with van der Waals surface area (Å²) in [6, 6.07) is 7.64. The predicted molar refractivity (Wildman–Crippen MR) is 90.0 cm³/mol. The van der Waals surface area contributed by atoms with E-state index in [1.165, 1.54) is 23.9 Å². The maximum absolute atomic E-state index is 13.0. The normalized spacial score (nSPS) is 11.8. The number of aromatic nitrogens is 1. The molecule has 0 aliphatic heterocycles. The summed E-state index contributed by atoms with van der Waals surface area (Å²) in [5, 5.41) is 8.55. The third kappa shape index (κ3) is 5.69. The number of thioether (sulfide) groups is 1. The van der Waals surface area contributed by atoms with Gasteiger partial charge in [0.2, 0.25) is 11.8 Å². The Labute approximate surface area is 143 Å². The Morgan fingerprint density at radius 1 is 1.38 bits per heavy atom. The molecule has 1 aromatic heterocycles. The highest BCUT2D eigenvalue weighted by atomic mass is 32.2. The van der Waals surface area contributed by atoms with E-state index in [0.717, 1.165) is 0 Å². The highest BCUT2D eigenvalue weighted by Crippen LogP contribution is 2.14. The first kappa shape index (κ1) is 18.0. The molecule has 1 aromatic carbocycles. The molecule has 128 valence electrons. The summed E-state index contributed by atoms with van der Waals surface area (Å²) >= 11 is 1.20. The number of nitrogens with zero attached hydrogens (tertiary/aromatic N) is 1. The molecule has 1 heterocycles. The number of aryl methyl sites for hydroxylation is 1. The Balaban J connectivity index is 1.71. The number of hydrogen-bond acceptors (Lipinski definition) is 5. The Hall–Kier alpha value is -2.35. The van der Waals surface area contributed by atoms with Gasteiger partial charge in [-0.1, -0.05) is 17.3 Å². The molecule has 2 N–H and O–H groups in total. The van der Waals surface area contributed by atoms with Crippen molar-refractivity contribution < 1.29 is 18.5 Å². The van der Waals surface area contributed by atoms with Crippen LogP contribution in [0.15, 0.2) is 34.9 Å². The van der Waals surface area contributed by atoms with E-state index in [1.54, 1.807) is 32.0 Å². The number of hydrogen-bond donors (Lipinski definition) is 2. The van der Waals surface area contributed by atoms with Crippen LogP contribution in [-0.4, -0.2) is 28.0 Å². The number of anilines is 1. The third-order valence-corrected chi connectivity index (χ3v) is 4.23. The van der Waals surface area contributed by atoms with E-state index < -0.39 is 5.25 Å². The Morgan fingerprint density at radius 3 is 2.83 bits per heavy atom. The van der Waals surface area contributed by atoms with Gasteiger partial charge in [0, 0.05) is 12.6 Å². The average Bonchev–Trinajstić information content (AvgIpc) is 2.95. The molecule has 0 fully saturated rings. The summed E-state index contributed by atoms with van der Waals surface area (Å²) < 4.78 is 17.9. The summed E-state index contributed by atoms with van der Waals surface area (Å²) in [4.78, 5) is 23.8. The van der Waals surface area contributed by atoms with Gasteiger partial charge in [-0.05, 0) is 31.5 Å². The van der Waals surface area contributed by atoms with Crippen molar-refractivity contribution in [3.63, 3.8) is 0 Å². The van der Waals surface area contributed by atoms with Gasteiger partial charge >= 0.3 is 0 Å². The van der Waals surface area contributed by atoms with Crippen LogP contribution in [0.1, 0.15) is 18.2 Å². The van der Waals surface area contributed by atoms with E-state index in [1.807, 2.05) is 0 Å². The number of halogens is 1. The fourth-order valence-electron chi connectivity index (χ4n) is 1.83. The second-order valence-corrected chi connectivity index (χ2v) is 6.50. The molecule has 0 aliphatic carbocycles. The van der Waals surface area contributed by atoms with Crippen LogP contribution in [0.3, 0.4) is 0 Å². The summed E-state index contributed by atoms with van der Waals surface area (Å²) in [5.74, 6) is 0.252. The molecule has 1 atom stereocenters. The predicted octanol–water partition coefficient (Wildman–Crippen LogP) is 2.50. The maximum atomic E-state index is 13.0. The highest BCUT2D eigenvalue weighted by Gasteiger charge is 2.16. The first-order chi connectivity index (χ1) is 11.4. The first-order valence-electron chi connectivity index (χ1n) is 7.31. The van der Waals surface area contributed by atoms with Gasteiger partial charge in [0.1, 0.15) is 11.6 Å². The fourth-order valence-corrected chi connectivity index (χ4v) is 2.54. The first-order valence-corrected chi connectivity index (χ1v) is 8.36. The lowest BCUT2D eigenvalue weighted by atomic mass is 10.2. The molecule has 0 saturated heterocycles. The topological polar surface area (TPSA) is 84.2 Å². The van der Waals surface area contributed by atoms with Crippen molar-refractivity contribution in [3.8, 4) is 0 Å². The molecule has 2 rings (SSSR count). The van der Waals surface area contributed by atoms with Crippen molar-refractivity contribution >= 4 is 29.4 Å². The van der Waals surface area contributed by atoms with Gasteiger partial charge < -0.3 is 15.2 Å². The van der Waals surface area contributed by atoms with Crippen LogP contribution in [0, 0.1) is 12.7 Å². The van der Waals surface area contributed by atoms with E-state index in [2.05, 4.69) is 15.8 Å². The second-order valence-electron chi connectivity index (χ2n) is 5.17. The molecule has 24 heavy (non-hydrogen) atoms. The van der Waals surface area contributed by atoms with Crippen molar-refractivity contribution in [2.75, 3.05) is 11.1 Å². The zero-order valence-corrected chi connectivity index (χ0v) is 14.2. The van der Waals surface area contributed by atoms with E-state index in [4.69, 9.17) is 4.52 Å². The molecular weight excluding hydrogens is 333 g/mol. The molecule has 1 unspecified atom stereocenters. The zero-order valence-electron chi connectivity index (χ0n) is 13.3. The van der Waals surface area contributed by atoms with Crippen molar-refractivity contribution in [1.82, 2.24) is 10.5 Å². The summed E-state index contributed by atoms with van der Waals surface area (Å²) in [6.45, 7) is 3.67. The minimum Gasteiger partial charge on any atom is -0.360 e. The van der Waals surface area contributed by atoms with Gasteiger partial charge in [-0.2, -0.15) is 0 Å². The van der Waals surface area contributed by atoms with Gasteiger partial charge in [0.05, 0.1) is 11.0 Å². The number of nitrogens with one attached hydrogen (secondary N) is 2. The van der Waals surface area contributed by atoms with Gasteiger partial charge in [-0.15, -0.1) is 11.8 Å². The van der Waals surface area contributed by atoms with Crippen molar-refractivity contribution in [2.24, 2.45) is 0 Å². The smallest absolute Gasteiger partial charge is 0.238 e. The number of rotatable bonds is 7. The van der Waals surface area contributed by atoms with Crippen molar-refractivity contribution in [3.05, 3.63) is 47.5 Å². The van der Waals surface area contributed by atoms with E-state index in [-0.39, 0.29) is 29.9 Å². The van der Waals surface area contributed by atoms with E-state index in [0.29, 0.717) is 17.1 Å². The number of benzene rings is 1. The van der Waals surface area contributed by atoms with Crippen LogP contribution < -0.4 is 10.6 Å². The SMILES string of the molecule is Cc1cc(NC(=O)C(C)SCC(=O)NCc2cccc(F)c2)no1. The van der Waals surface area contributed by atoms with Crippen LogP contribution in [0.25, 0.3) is 0 Å².